The topological polar surface area (TPSA) is 0 Å². The molecule has 0 bridgehead atoms. The van der Waals surface area contributed by atoms with E-state index in [1.54, 1.807) is 0 Å². The number of benzene rings is 3. The molecule has 116 valence electrons. The van der Waals surface area contributed by atoms with Gasteiger partial charge in [-0.05, 0) is 15.6 Å². The lowest BCUT2D eigenvalue weighted by atomic mass is 10.3. The summed E-state index contributed by atoms with van der Waals surface area (Å²) in [7, 11) is -2.16. The van der Waals surface area contributed by atoms with Crippen LogP contribution >= 0.6 is 0 Å². The van der Waals surface area contributed by atoms with Crippen LogP contribution in [-0.4, -0.2) is 8.07 Å². The maximum atomic E-state index is 2.37. The molecule has 3 aromatic rings. The van der Waals surface area contributed by atoms with E-state index < -0.39 is 8.07 Å². The Bertz CT molecular complexity index is 740. The van der Waals surface area contributed by atoms with Crippen LogP contribution in [0.3, 0.4) is 0 Å². The van der Waals surface area contributed by atoms with E-state index in [-0.39, 0.29) is 0 Å². The van der Waals surface area contributed by atoms with Crippen LogP contribution in [0.5, 0.6) is 0 Å². The SMILES string of the molecule is C1=CC([Si](c2ccccc2)(c2ccccc2)c2ccccc2)C=C1. The normalized spacial score (nSPS) is 14.2. The third-order valence-corrected chi connectivity index (χ3v) is 10.1. The van der Waals surface area contributed by atoms with E-state index >= 15 is 0 Å². The van der Waals surface area contributed by atoms with Crippen molar-refractivity contribution in [2.45, 2.75) is 5.54 Å². The summed E-state index contributed by atoms with van der Waals surface area (Å²) in [4.78, 5) is 0. The molecule has 0 nitrogen and oxygen atoms in total. The molecule has 0 saturated heterocycles. The molecule has 0 saturated carbocycles. The molecule has 0 radical (unpaired) electrons. The summed E-state index contributed by atoms with van der Waals surface area (Å²) < 4.78 is 0. The van der Waals surface area contributed by atoms with E-state index in [1.807, 2.05) is 0 Å². The molecule has 3 aromatic carbocycles. The molecule has 4 rings (SSSR count). The van der Waals surface area contributed by atoms with Gasteiger partial charge in [0.1, 0.15) is 0 Å². The fourth-order valence-corrected chi connectivity index (χ4v) is 9.01. The van der Waals surface area contributed by atoms with E-state index in [2.05, 4.69) is 115 Å². The molecule has 0 fully saturated rings. The van der Waals surface area contributed by atoms with Gasteiger partial charge < -0.3 is 0 Å². The lowest BCUT2D eigenvalue weighted by Gasteiger charge is -2.37. The molecule has 0 aliphatic heterocycles. The summed E-state index contributed by atoms with van der Waals surface area (Å²) in [5.41, 5.74) is 0.435. The molecule has 24 heavy (non-hydrogen) atoms. The van der Waals surface area contributed by atoms with Gasteiger partial charge in [0.25, 0.3) is 0 Å². The fraction of sp³-hybridized carbons (Fsp3) is 0.0435. The van der Waals surface area contributed by atoms with Gasteiger partial charge in [0.15, 0.2) is 8.07 Å². The minimum absolute atomic E-state index is 0.435. The van der Waals surface area contributed by atoms with Crippen LogP contribution < -0.4 is 15.6 Å². The lowest BCUT2D eigenvalue weighted by molar-refractivity contribution is 1.34. The van der Waals surface area contributed by atoms with Gasteiger partial charge in [0.05, 0.1) is 0 Å². The highest BCUT2D eigenvalue weighted by molar-refractivity contribution is 7.13. The van der Waals surface area contributed by atoms with Crippen molar-refractivity contribution in [3.05, 3.63) is 115 Å². The highest BCUT2D eigenvalue weighted by Crippen LogP contribution is 2.28. The lowest BCUT2D eigenvalue weighted by Crippen LogP contribution is -2.69. The van der Waals surface area contributed by atoms with Crippen LogP contribution in [0.1, 0.15) is 0 Å². The quantitative estimate of drug-likeness (QED) is 0.507. The van der Waals surface area contributed by atoms with Gasteiger partial charge in [-0.15, -0.1) is 0 Å². The molecule has 0 spiro atoms. The van der Waals surface area contributed by atoms with Crippen molar-refractivity contribution in [2.24, 2.45) is 0 Å². The van der Waals surface area contributed by atoms with Crippen molar-refractivity contribution < 1.29 is 0 Å². The van der Waals surface area contributed by atoms with E-state index in [9.17, 15) is 0 Å². The minimum Gasteiger partial charge on any atom is -0.0793 e. The summed E-state index contributed by atoms with van der Waals surface area (Å²) in [5.74, 6) is 0. The van der Waals surface area contributed by atoms with E-state index in [1.165, 1.54) is 15.6 Å². The number of hydrogen-bond donors (Lipinski definition) is 0. The van der Waals surface area contributed by atoms with Crippen molar-refractivity contribution >= 4 is 23.6 Å². The Balaban J connectivity index is 2.07. The zero-order valence-electron chi connectivity index (χ0n) is 13.5. The minimum atomic E-state index is -2.16. The van der Waals surface area contributed by atoms with Crippen LogP contribution in [0, 0.1) is 0 Å². The van der Waals surface area contributed by atoms with E-state index in [4.69, 9.17) is 0 Å². The Labute approximate surface area is 144 Å². The Morgan fingerprint density at radius 3 is 1.12 bits per heavy atom. The molecule has 0 N–H and O–H groups in total. The molecule has 0 heterocycles. The Hall–Kier alpha value is -2.64. The second-order valence-electron chi connectivity index (χ2n) is 6.20. The first-order valence-electron chi connectivity index (χ1n) is 8.44. The second-order valence-corrected chi connectivity index (χ2v) is 10.2. The Kier molecular flexibility index (Phi) is 4.02. The summed E-state index contributed by atoms with van der Waals surface area (Å²) >= 11 is 0. The molecule has 0 unspecified atom stereocenters. The van der Waals surface area contributed by atoms with Crippen LogP contribution in [0.25, 0.3) is 0 Å². The summed E-state index contributed by atoms with van der Waals surface area (Å²) in [6.45, 7) is 0. The molecule has 0 aromatic heterocycles. The van der Waals surface area contributed by atoms with Gasteiger partial charge in [-0.3, -0.25) is 0 Å². The van der Waals surface area contributed by atoms with Gasteiger partial charge in [0, 0.05) is 5.54 Å². The molecule has 0 amide bonds. The molecular formula is C23H20Si. The monoisotopic (exact) mass is 324 g/mol. The predicted octanol–water partition coefficient (Wildman–Crippen LogP) is 3.65. The fourth-order valence-electron chi connectivity index (χ4n) is 3.90. The average molecular weight is 324 g/mol. The highest BCUT2D eigenvalue weighted by atomic mass is 28.3. The van der Waals surface area contributed by atoms with Crippen molar-refractivity contribution in [1.29, 1.82) is 0 Å². The van der Waals surface area contributed by atoms with Crippen molar-refractivity contribution in [3.8, 4) is 0 Å². The van der Waals surface area contributed by atoms with Gasteiger partial charge in [-0.2, -0.15) is 0 Å². The highest BCUT2D eigenvalue weighted by Gasteiger charge is 2.44. The van der Waals surface area contributed by atoms with Crippen LogP contribution in [0.2, 0.25) is 5.54 Å². The largest absolute Gasteiger partial charge is 0.158 e. The van der Waals surface area contributed by atoms with Gasteiger partial charge in [-0.25, -0.2) is 0 Å². The number of allylic oxidation sites excluding steroid dienone is 4. The standard InChI is InChI=1S/C23H20Si/c1-4-12-20(13-5-1)24(23-18-10-11-19-23,21-14-6-2-7-15-21)22-16-8-3-9-17-22/h1-19,23H. The molecule has 1 heteroatoms. The first-order valence-corrected chi connectivity index (χ1v) is 10.5. The summed E-state index contributed by atoms with van der Waals surface area (Å²) in [6.07, 6.45) is 9.14. The van der Waals surface area contributed by atoms with Crippen molar-refractivity contribution in [1.82, 2.24) is 0 Å². The third-order valence-electron chi connectivity index (χ3n) is 4.94. The predicted molar refractivity (Wildman–Crippen MR) is 106 cm³/mol. The van der Waals surface area contributed by atoms with Crippen LogP contribution in [0.4, 0.5) is 0 Å². The molecule has 1 aliphatic rings. The molecule has 0 atom stereocenters. The molecular weight excluding hydrogens is 304 g/mol. The first-order chi connectivity index (χ1) is 11.9. The van der Waals surface area contributed by atoms with Crippen molar-refractivity contribution in [3.63, 3.8) is 0 Å². The van der Waals surface area contributed by atoms with Gasteiger partial charge in [0.2, 0.25) is 0 Å². The first kappa shape index (κ1) is 14.9. The van der Waals surface area contributed by atoms with Crippen LogP contribution in [0.15, 0.2) is 115 Å². The smallest absolute Gasteiger partial charge is 0.0793 e. The average Bonchev–Trinajstić information content (AvgIpc) is 3.20. The van der Waals surface area contributed by atoms with E-state index in [0.29, 0.717) is 5.54 Å². The maximum Gasteiger partial charge on any atom is 0.158 e. The van der Waals surface area contributed by atoms with Crippen LogP contribution in [-0.2, 0) is 0 Å². The maximum absolute atomic E-state index is 2.37. The Morgan fingerprint density at radius 2 is 0.792 bits per heavy atom. The second kappa shape index (κ2) is 6.46. The summed E-state index contributed by atoms with van der Waals surface area (Å²) in [5, 5.41) is 4.39. The zero-order valence-corrected chi connectivity index (χ0v) is 14.5. The third kappa shape index (κ3) is 2.38. The van der Waals surface area contributed by atoms with Gasteiger partial charge >= 0.3 is 0 Å². The molecule has 1 aliphatic carbocycles. The number of hydrogen-bond acceptors (Lipinski definition) is 0. The summed E-state index contributed by atoms with van der Waals surface area (Å²) in [6, 6.07) is 33.2. The van der Waals surface area contributed by atoms with Crippen molar-refractivity contribution in [2.75, 3.05) is 0 Å². The van der Waals surface area contributed by atoms with Gasteiger partial charge in [-0.1, -0.05) is 115 Å². The zero-order chi connectivity index (χ0) is 16.2. The number of rotatable bonds is 4. The Morgan fingerprint density at radius 1 is 0.458 bits per heavy atom. The van der Waals surface area contributed by atoms with E-state index in [0.717, 1.165) is 0 Å².